The molecule has 0 atom stereocenters. The zero-order valence-electron chi connectivity index (χ0n) is 8.83. The highest BCUT2D eigenvalue weighted by Gasteiger charge is 2.09. The van der Waals surface area contributed by atoms with Crippen molar-refractivity contribution in [2.75, 3.05) is 6.54 Å². The Balaban J connectivity index is 2.53. The van der Waals surface area contributed by atoms with Gasteiger partial charge in [0, 0.05) is 11.9 Å². The molecule has 3 nitrogen and oxygen atoms in total. The summed E-state index contributed by atoms with van der Waals surface area (Å²) in [5, 5.41) is 4.83. The second kappa shape index (κ2) is 4.49. The lowest BCUT2D eigenvalue weighted by molar-refractivity contribution is 0.0951. The van der Waals surface area contributed by atoms with E-state index in [0.717, 1.165) is 10.8 Å². The Bertz CT molecular complexity index is 540. The van der Waals surface area contributed by atoms with E-state index in [9.17, 15) is 4.79 Å². The van der Waals surface area contributed by atoms with Gasteiger partial charge in [0.15, 0.2) is 0 Å². The lowest BCUT2D eigenvalue weighted by Crippen LogP contribution is -2.23. The predicted molar refractivity (Wildman–Crippen MR) is 64.8 cm³/mol. The molecule has 1 heterocycles. The molecule has 0 aliphatic heterocycles. The van der Waals surface area contributed by atoms with E-state index in [1.165, 1.54) is 0 Å². The molecule has 0 saturated heterocycles. The molecule has 1 aromatic heterocycles. The third kappa shape index (κ3) is 1.99. The van der Waals surface area contributed by atoms with Crippen LogP contribution >= 0.6 is 11.6 Å². The van der Waals surface area contributed by atoms with Crippen LogP contribution in [-0.2, 0) is 0 Å². The summed E-state index contributed by atoms with van der Waals surface area (Å²) in [6.45, 7) is 2.44. The van der Waals surface area contributed by atoms with Gasteiger partial charge in [-0.3, -0.25) is 4.79 Å². The summed E-state index contributed by atoms with van der Waals surface area (Å²) < 4.78 is 0. The SMILES string of the molecule is CCNC(=O)c1cc2ccccc2c(Cl)n1. The number of hydrogen-bond donors (Lipinski definition) is 1. The Labute approximate surface area is 98.4 Å². The van der Waals surface area contributed by atoms with E-state index in [1.54, 1.807) is 6.07 Å². The third-order valence-electron chi connectivity index (χ3n) is 2.26. The zero-order valence-corrected chi connectivity index (χ0v) is 9.58. The molecular formula is C12H11ClN2O. The van der Waals surface area contributed by atoms with Gasteiger partial charge in [-0.25, -0.2) is 4.98 Å². The first-order chi connectivity index (χ1) is 7.72. The molecule has 1 amide bonds. The van der Waals surface area contributed by atoms with Crippen molar-refractivity contribution in [1.82, 2.24) is 10.3 Å². The Hall–Kier alpha value is -1.61. The van der Waals surface area contributed by atoms with Gasteiger partial charge in [-0.1, -0.05) is 35.9 Å². The van der Waals surface area contributed by atoms with Gasteiger partial charge in [-0.2, -0.15) is 0 Å². The molecule has 0 fully saturated rings. The predicted octanol–water partition coefficient (Wildman–Crippen LogP) is 2.64. The van der Waals surface area contributed by atoms with E-state index in [0.29, 0.717) is 17.4 Å². The van der Waals surface area contributed by atoms with Crippen LogP contribution in [-0.4, -0.2) is 17.4 Å². The molecule has 1 N–H and O–H groups in total. The normalized spacial score (nSPS) is 10.4. The van der Waals surface area contributed by atoms with Gasteiger partial charge < -0.3 is 5.32 Å². The minimum atomic E-state index is -0.199. The molecule has 0 aliphatic carbocycles. The second-order valence-electron chi connectivity index (χ2n) is 3.38. The van der Waals surface area contributed by atoms with Crippen LogP contribution in [0.4, 0.5) is 0 Å². The number of halogens is 1. The molecule has 0 saturated carbocycles. The summed E-state index contributed by atoms with van der Waals surface area (Å²) in [5.41, 5.74) is 0.352. The van der Waals surface area contributed by atoms with Crippen LogP contribution in [0.2, 0.25) is 5.15 Å². The lowest BCUT2D eigenvalue weighted by atomic mass is 10.1. The number of aromatic nitrogens is 1. The van der Waals surface area contributed by atoms with Crippen molar-refractivity contribution >= 4 is 28.3 Å². The molecule has 1 aromatic carbocycles. The number of nitrogens with zero attached hydrogens (tertiary/aromatic N) is 1. The van der Waals surface area contributed by atoms with Crippen molar-refractivity contribution in [2.24, 2.45) is 0 Å². The average molecular weight is 235 g/mol. The molecule has 2 rings (SSSR count). The van der Waals surface area contributed by atoms with Gasteiger partial charge in [0.2, 0.25) is 0 Å². The van der Waals surface area contributed by atoms with Crippen molar-refractivity contribution < 1.29 is 4.79 Å². The molecule has 0 bridgehead atoms. The third-order valence-corrected chi connectivity index (χ3v) is 2.55. The van der Waals surface area contributed by atoms with Crippen molar-refractivity contribution in [1.29, 1.82) is 0 Å². The van der Waals surface area contributed by atoms with Crippen LogP contribution in [0.1, 0.15) is 17.4 Å². The minimum Gasteiger partial charge on any atom is -0.351 e. The number of pyridine rings is 1. The molecule has 0 radical (unpaired) electrons. The van der Waals surface area contributed by atoms with Gasteiger partial charge in [-0.15, -0.1) is 0 Å². The summed E-state index contributed by atoms with van der Waals surface area (Å²) in [5.74, 6) is -0.199. The van der Waals surface area contributed by atoms with Crippen LogP contribution in [0.5, 0.6) is 0 Å². The molecule has 0 aliphatic rings. The van der Waals surface area contributed by atoms with Crippen molar-refractivity contribution in [3.63, 3.8) is 0 Å². The van der Waals surface area contributed by atoms with Gasteiger partial charge in [0.1, 0.15) is 10.8 Å². The fraction of sp³-hybridized carbons (Fsp3) is 0.167. The smallest absolute Gasteiger partial charge is 0.269 e. The second-order valence-corrected chi connectivity index (χ2v) is 3.74. The molecular weight excluding hydrogens is 224 g/mol. The first-order valence-corrected chi connectivity index (χ1v) is 5.43. The van der Waals surface area contributed by atoms with E-state index in [4.69, 9.17) is 11.6 Å². The molecule has 0 unspecified atom stereocenters. The molecule has 4 heteroatoms. The van der Waals surface area contributed by atoms with E-state index >= 15 is 0 Å². The van der Waals surface area contributed by atoms with E-state index < -0.39 is 0 Å². The highest BCUT2D eigenvalue weighted by atomic mass is 35.5. The Kier molecular flexibility index (Phi) is 3.06. The van der Waals surface area contributed by atoms with Crippen LogP contribution in [0.25, 0.3) is 10.8 Å². The summed E-state index contributed by atoms with van der Waals surface area (Å²) in [4.78, 5) is 15.7. The topological polar surface area (TPSA) is 42.0 Å². The number of amides is 1. The fourth-order valence-corrected chi connectivity index (χ4v) is 1.79. The molecule has 82 valence electrons. The largest absolute Gasteiger partial charge is 0.351 e. The minimum absolute atomic E-state index is 0.199. The first kappa shape index (κ1) is 10.9. The summed E-state index contributed by atoms with van der Waals surface area (Å²) in [7, 11) is 0. The average Bonchev–Trinajstić information content (AvgIpc) is 2.29. The Morgan fingerprint density at radius 3 is 2.94 bits per heavy atom. The van der Waals surface area contributed by atoms with Crippen molar-refractivity contribution in [3.8, 4) is 0 Å². The highest BCUT2D eigenvalue weighted by molar-refractivity contribution is 6.34. The Morgan fingerprint density at radius 2 is 2.19 bits per heavy atom. The van der Waals surface area contributed by atoms with Gasteiger partial charge in [0.25, 0.3) is 5.91 Å². The van der Waals surface area contributed by atoms with Crippen LogP contribution < -0.4 is 5.32 Å². The maximum absolute atomic E-state index is 11.6. The van der Waals surface area contributed by atoms with Crippen molar-refractivity contribution in [3.05, 3.63) is 41.2 Å². The standard InChI is InChI=1S/C12H11ClN2O/c1-2-14-12(16)10-7-8-5-3-4-6-9(8)11(13)15-10/h3-7H,2H2,1H3,(H,14,16). The summed E-state index contributed by atoms with van der Waals surface area (Å²) in [6.07, 6.45) is 0. The number of carbonyl (C=O) groups excluding carboxylic acids is 1. The zero-order chi connectivity index (χ0) is 11.5. The highest BCUT2D eigenvalue weighted by Crippen LogP contribution is 2.22. The van der Waals surface area contributed by atoms with E-state index in [-0.39, 0.29) is 5.91 Å². The number of nitrogens with one attached hydrogen (secondary N) is 1. The maximum Gasteiger partial charge on any atom is 0.269 e. The van der Waals surface area contributed by atoms with Gasteiger partial charge in [0.05, 0.1) is 0 Å². The Morgan fingerprint density at radius 1 is 1.44 bits per heavy atom. The molecule has 16 heavy (non-hydrogen) atoms. The summed E-state index contributed by atoms with van der Waals surface area (Å²) >= 11 is 6.02. The fourth-order valence-electron chi connectivity index (χ4n) is 1.52. The number of carbonyl (C=O) groups is 1. The quantitative estimate of drug-likeness (QED) is 0.812. The first-order valence-electron chi connectivity index (χ1n) is 5.06. The number of fused-ring (bicyclic) bond motifs is 1. The van der Waals surface area contributed by atoms with Crippen molar-refractivity contribution in [2.45, 2.75) is 6.92 Å². The van der Waals surface area contributed by atoms with Gasteiger partial charge >= 0.3 is 0 Å². The van der Waals surface area contributed by atoms with Gasteiger partial charge in [-0.05, 0) is 18.4 Å². The number of rotatable bonds is 2. The molecule has 2 aromatic rings. The van der Waals surface area contributed by atoms with E-state index in [2.05, 4.69) is 10.3 Å². The van der Waals surface area contributed by atoms with Crippen LogP contribution in [0.15, 0.2) is 30.3 Å². The number of hydrogen-bond acceptors (Lipinski definition) is 2. The summed E-state index contributed by atoms with van der Waals surface area (Å²) in [6, 6.07) is 9.33. The maximum atomic E-state index is 11.6. The molecule has 0 spiro atoms. The van der Waals surface area contributed by atoms with Crippen LogP contribution in [0, 0.1) is 0 Å². The van der Waals surface area contributed by atoms with E-state index in [1.807, 2.05) is 31.2 Å². The lowest BCUT2D eigenvalue weighted by Gasteiger charge is -2.04. The van der Waals surface area contributed by atoms with Crippen LogP contribution in [0.3, 0.4) is 0 Å². The monoisotopic (exact) mass is 234 g/mol. The number of benzene rings is 1.